The molecule has 5 rings (SSSR count). The number of nitrogens with zero attached hydrogens (tertiary/aromatic N) is 3. The first-order chi connectivity index (χ1) is 20.2. The Labute approximate surface area is 254 Å². The number of amides is 3. The van der Waals surface area contributed by atoms with Crippen LogP contribution in [0.1, 0.15) is 22.0 Å². The van der Waals surface area contributed by atoms with Gasteiger partial charge in [-0.15, -0.1) is 0 Å². The summed E-state index contributed by atoms with van der Waals surface area (Å²) in [4.78, 5) is 43.8. The van der Waals surface area contributed by atoms with Gasteiger partial charge in [-0.1, -0.05) is 59.6 Å². The topological polar surface area (TPSA) is 91.4 Å². The minimum atomic E-state index is -0.334. The van der Waals surface area contributed by atoms with Crippen LogP contribution in [0.5, 0.6) is 5.75 Å². The van der Waals surface area contributed by atoms with Gasteiger partial charge in [0.25, 0.3) is 11.8 Å². The number of hydrogen-bond acceptors (Lipinski definition) is 6. The second kappa shape index (κ2) is 13.1. The quantitative estimate of drug-likeness (QED) is 0.409. The first kappa shape index (κ1) is 29.8. The third kappa shape index (κ3) is 6.55. The molecule has 0 unspecified atom stereocenters. The number of rotatable bonds is 8. The SMILES string of the molecule is CNC(=O)c1ccc(-c2ccc([C@H](CN3CCOCC3)N(C)C(=O)CN3C(=O)COc4cc(Cl)c(Cl)cc43)cc2)cc1. The number of halogens is 2. The van der Waals surface area contributed by atoms with Crippen molar-refractivity contribution in [2.24, 2.45) is 0 Å². The molecule has 2 aliphatic heterocycles. The zero-order chi connectivity index (χ0) is 29.8. The van der Waals surface area contributed by atoms with Crippen LogP contribution in [0.15, 0.2) is 60.7 Å². The number of ether oxygens (including phenoxy) is 2. The maximum Gasteiger partial charge on any atom is 0.265 e. The molecule has 42 heavy (non-hydrogen) atoms. The van der Waals surface area contributed by atoms with Crippen molar-refractivity contribution in [1.29, 1.82) is 0 Å². The molecule has 9 nitrogen and oxygen atoms in total. The lowest BCUT2D eigenvalue weighted by Gasteiger charge is -2.37. The Morgan fingerprint density at radius 3 is 2.24 bits per heavy atom. The molecule has 220 valence electrons. The van der Waals surface area contributed by atoms with Gasteiger partial charge in [-0.3, -0.25) is 24.2 Å². The Morgan fingerprint density at radius 1 is 0.976 bits per heavy atom. The number of carbonyl (C=O) groups excluding carboxylic acids is 3. The minimum absolute atomic E-state index is 0.135. The molecular formula is C31H32Cl2N4O5. The van der Waals surface area contributed by atoms with Crippen molar-refractivity contribution in [3.63, 3.8) is 0 Å². The average Bonchev–Trinajstić information content (AvgIpc) is 3.02. The summed E-state index contributed by atoms with van der Waals surface area (Å²) >= 11 is 12.4. The highest BCUT2D eigenvalue weighted by molar-refractivity contribution is 6.42. The normalized spacial score (nSPS) is 15.9. The molecule has 0 saturated carbocycles. The summed E-state index contributed by atoms with van der Waals surface area (Å²) in [5.41, 5.74) is 3.94. The molecule has 1 atom stereocenters. The molecule has 3 amide bonds. The third-order valence-electron chi connectivity index (χ3n) is 7.64. The maximum atomic E-state index is 13.7. The molecule has 0 spiro atoms. The Kier molecular flexibility index (Phi) is 9.33. The fraction of sp³-hybridized carbons (Fsp3) is 0.323. The molecule has 0 aromatic heterocycles. The third-order valence-corrected chi connectivity index (χ3v) is 8.36. The van der Waals surface area contributed by atoms with E-state index in [2.05, 4.69) is 10.2 Å². The first-order valence-corrected chi connectivity index (χ1v) is 14.4. The van der Waals surface area contributed by atoms with E-state index in [0.29, 0.717) is 41.8 Å². The van der Waals surface area contributed by atoms with Crippen molar-refractivity contribution in [2.75, 3.05) is 65.0 Å². The predicted molar refractivity (Wildman–Crippen MR) is 162 cm³/mol. The van der Waals surface area contributed by atoms with Crippen molar-refractivity contribution in [3.05, 3.63) is 81.8 Å². The lowest BCUT2D eigenvalue weighted by Crippen LogP contribution is -2.48. The number of hydrogen-bond donors (Lipinski definition) is 1. The van der Waals surface area contributed by atoms with Crippen molar-refractivity contribution in [1.82, 2.24) is 15.1 Å². The van der Waals surface area contributed by atoms with Crippen molar-refractivity contribution in [2.45, 2.75) is 6.04 Å². The van der Waals surface area contributed by atoms with E-state index in [0.717, 1.165) is 29.8 Å². The largest absolute Gasteiger partial charge is 0.482 e. The van der Waals surface area contributed by atoms with Crippen LogP contribution in [-0.4, -0.2) is 87.6 Å². The van der Waals surface area contributed by atoms with Gasteiger partial charge in [0.15, 0.2) is 6.61 Å². The van der Waals surface area contributed by atoms with E-state index in [1.54, 1.807) is 43.3 Å². The summed E-state index contributed by atoms with van der Waals surface area (Å²) in [6, 6.07) is 18.3. The number of fused-ring (bicyclic) bond motifs is 1. The van der Waals surface area contributed by atoms with E-state index in [9.17, 15) is 14.4 Å². The lowest BCUT2D eigenvalue weighted by atomic mass is 9.98. The lowest BCUT2D eigenvalue weighted by molar-refractivity contribution is -0.133. The number of benzene rings is 3. The van der Waals surface area contributed by atoms with Gasteiger partial charge < -0.3 is 19.7 Å². The summed E-state index contributed by atoms with van der Waals surface area (Å²) in [5.74, 6) is -0.290. The van der Waals surface area contributed by atoms with Crippen LogP contribution in [0.4, 0.5) is 5.69 Å². The summed E-state index contributed by atoms with van der Waals surface area (Å²) in [5, 5.41) is 3.21. The fourth-order valence-electron chi connectivity index (χ4n) is 5.13. The van der Waals surface area contributed by atoms with Crippen LogP contribution in [0, 0.1) is 0 Å². The van der Waals surface area contributed by atoms with Gasteiger partial charge >= 0.3 is 0 Å². The van der Waals surface area contributed by atoms with Gasteiger partial charge in [-0.05, 0) is 34.9 Å². The van der Waals surface area contributed by atoms with E-state index in [4.69, 9.17) is 32.7 Å². The number of likely N-dealkylation sites (N-methyl/N-ethyl adjacent to an activating group) is 1. The second-order valence-electron chi connectivity index (χ2n) is 10.2. The minimum Gasteiger partial charge on any atom is -0.482 e. The fourth-order valence-corrected chi connectivity index (χ4v) is 5.44. The molecule has 1 fully saturated rings. The summed E-state index contributed by atoms with van der Waals surface area (Å²) in [6.45, 7) is 3.06. The summed E-state index contributed by atoms with van der Waals surface area (Å²) < 4.78 is 11.1. The molecule has 2 aliphatic rings. The molecule has 1 saturated heterocycles. The van der Waals surface area contributed by atoms with Crippen LogP contribution < -0.4 is 15.0 Å². The highest BCUT2D eigenvalue weighted by Gasteiger charge is 2.32. The van der Waals surface area contributed by atoms with Crippen molar-refractivity contribution < 1.29 is 23.9 Å². The molecule has 1 N–H and O–H groups in total. The smallest absolute Gasteiger partial charge is 0.265 e. The highest BCUT2D eigenvalue weighted by atomic mass is 35.5. The van der Waals surface area contributed by atoms with Crippen molar-refractivity contribution in [3.8, 4) is 16.9 Å². The standard InChI is InChI=1S/C31H32Cl2N4O5/c1-34-31(40)23-9-5-21(6-10-23)20-3-7-22(8-4-20)27(17-36-11-13-41-14-12-36)35(2)29(38)18-37-26-15-24(32)25(33)16-28(26)42-19-30(37)39/h3-10,15-16,27H,11-14,17-19H2,1-2H3,(H,34,40)/t27-/m0/s1. The van der Waals surface area contributed by atoms with Gasteiger partial charge in [0.2, 0.25) is 5.91 Å². The van der Waals surface area contributed by atoms with Gasteiger partial charge in [0.1, 0.15) is 12.3 Å². The number of carbonyl (C=O) groups is 3. The Hall–Kier alpha value is -3.63. The average molecular weight is 612 g/mol. The first-order valence-electron chi connectivity index (χ1n) is 13.7. The van der Waals surface area contributed by atoms with E-state index in [1.165, 1.54) is 4.90 Å². The van der Waals surface area contributed by atoms with Crippen molar-refractivity contribution >= 4 is 46.6 Å². The summed E-state index contributed by atoms with van der Waals surface area (Å²) in [6.07, 6.45) is 0. The monoisotopic (exact) mass is 610 g/mol. The summed E-state index contributed by atoms with van der Waals surface area (Å²) in [7, 11) is 3.37. The van der Waals surface area contributed by atoms with E-state index in [-0.39, 0.29) is 41.9 Å². The van der Waals surface area contributed by atoms with Gasteiger partial charge in [0.05, 0.1) is 35.0 Å². The zero-order valence-corrected chi connectivity index (χ0v) is 25.0. The van der Waals surface area contributed by atoms with E-state index in [1.807, 2.05) is 36.4 Å². The number of morpholine rings is 1. The zero-order valence-electron chi connectivity index (χ0n) is 23.4. The molecular weight excluding hydrogens is 579 g/mol. The molecule has 0 radical (unpaired) electrons. The van der Waals surface area contributed by atoms with Crippen LogP contribution in [-0.2, 0) is 14.3 Å². The number of anilines is 1. The Bertz CT molecular complexity index is 1460. The van der Waals surface area contributed by atoms with Crippen LogP contribution in [0.2, 0.25) is 10.0 Å². The van der Waals surface area contributed by atoms with Gasteiger partial charge in [-0.2, -0.15) is 0 Å². The molecule has 11 heteroatoms. The second-order valence-corrected chi connectivity index (χ2v) is 11.0. The molecule has 0 aliphatic carbocycles. The van der Waals surface area contributed by atoms with Crippen LogP contribution >= 0.6 is 23.2 Å². The highest BCUT2D eigenvalue weighted by Crippen LogP contribution is 2.39. The Morgan fingerprint density at radius 2 is 1.60 bits per heavy atom. The van der Waals surface area contributed by atoms with Crippen LogP contribution in [0.3, 0.4) is 0 Å². The van der Waals surface area contributed by atoms with Gasteiger partial charge in [0, 0.05) is 45.4 Å². The molecule has 2 heterocycles. The number of nitrogens with one attached hydrogen (secondary N) is 1. The maximum absolute atomic E-state index is 13.7. The molecule has 3 aromatic rings. The molecule has 3 aromatic carbocycles. The Balaban J connectivity index is 1.38. The van der Waals surface area contributed by atoms with Crippen LogP contribution in [0.25, 0.3) is 11.1 Å². The molecule has 0 bridgehead atoms. The van der Waals surface area contributed by atoms with E-state index >= 15 is 0 Å². The van der Waals surface area contributed by atoms with E-state index < -0.39 is 0 Å². The predicted octanol–water partition coefficient (Wildman–Crippen LogP) is 4.28. The van der Waals surface area contributed by atoms with Gasteiger partial charge in [-0.25, -0.2) is 0 Å².